The number of aliphatic carboxylic acids is 1. The minimum atomic E-state index is -0.626. The Bertz CT molecular complexity index is 1390. The molecule has 0 saturated heterocycles. The molecule has 0 heterocycles. The van der Waals surface area contributed by atoms with Gasteiger partial charge in [-0.1, -0.05) is 72.2 Å². The van der Waals surface area contributed by atoms with Crippen molar-refractivity contribution in [1.29, 1.82) is 0 Å². The average Bonchev–Trinajstić information content (AvgIpc) is 2.94. The summed E-state index contributed by atoms with van der Waals surface area (Å²) in [5, 5.41) is 20.2. The van der Waals surface area contributed by atoms with Crippen LogP contribution in [-0.2, 0) is 14.3 Å². The predicted molar refractivity (Wildman–Crippen MR) is 174 cm³/mol. The highest BCUT2D eigenvalue weighted by atomic mass is 16.5. The molecule has 5 heteroatoms. The van der Waals surface area contributed by atoms with Gasteiger partial charge in [0.1, 0.15) is 11.9 Å². The molecule has 1 unspecified atom stereocenters. The van der Waals surface area contributed by atoms with Gasteiger partial charge in [-0.2, -0.15) is 0 Å². The van der Waals surface area contributed by atoms with Crippen LogP contribution >= 0.6 is 0 Å². The minimum absolute atomic E-state index is 0.0664. The van der Waals surface area contributed by atoms with E-state index in [4.69, 9.17) is 4.74 Å². The number of ether oxygens (including phenoxy) is 1. The zero-order valence-electron chi connectivity index (χ0n) is 28.0. The number of rotatable bonds is 4. The number of hydrogen-bond acceptors (Lipinski definition) is 4. The summed E-state index contributed by atoms with van der Waals surface area (Å²) in [5.74, 6) is 0.478. The molecule has 4 fully saturated rings. The maximum absolute atomic E-state index is 13.0. The molecule has 5 nitrogen and oxygen atoms in total. The first kappa shape index (κ1) is 31.4. The summed E-state index contributed by atoms with van der Waals surface area (Å²) in [6, 6.07) is 6.79. The van der Waals surface area contributed by atoms with Crippen LogP contribution in [0.3, 0.4) is 0 Å². The maximum atomic E-state index is 13.0. The lowest BCUT2D eigenvalue weighted by Crippen LogP contribution is -2.64. The summed E-state index contributed by atoms with van der Waals surface area (Å²) in [6.07, 6.45) is 15.3. The van der Waals surface area contributed by atoms with Crippen molar-refractivity contribution in [3.8, 4) is 5.75 Å². The van der Waals surface area contributed by atoms with Crippen LogP contribution in [0.15, 0.2) is 42.0 Å². The number of carbonyl (C=O) groups excluding carboxylic acids is 1. The van der Waals surface area contributed by atoms with E-state index in [1.54, 1.807) is 35.9 Å². The van der Waals surface area contributed by atoms with Crippen molar-refractivity contribution in [2.24, 2.45) is 50.2 Å². The van der Waals surface area contributed by atoms with Gasteiger partial charge in [-0.3, -0.25) is 4.79 Å². The van der Waals surface area contributed by atoms with Gasteiger partial charge in [0.2, 0.25) is 0 Å². The smallest absolute Gasteiger partial charge is 0.331 e. The maximum Gasteiger partial charge on any atom is 0.331 e. The molecule has 8 atom stereocenters. The molecular formula is C39H54O5. The lowest BCUT2D eigenvalue weighted by molar-refractivity contribution is -0.199. The highest BCUT2D eigenvalue weighted by Gasteiger charge is 2.68. The van der Waals surface area contributed by atoms with Crippen molar-refractivity contribution in [2.45, 2.75) is 119 Å². The second-order valence-corrected chi connectivity index (χ2v) is 17.4. The summed E-state index contributed by atoms with van der Waals surface area (Å²) < 4.78 is 6.18. The third kappa shape index (κ3) is 4.61. The topological polar surface area (TPSA) is 83.8 Å². The Morgan fingerprint density at radius 2 is 1.45 bits per heavy atom. The Kier molecular flexibility index (Phi) is 7.30. The lowest BCUT2D eigenvalue weighted by Gasteiger charge is -2.70. The lowest BCUT2D eigenvalue weighted by atomic mass is 9.34. The van der Waals surface area contributed by atoms with Gasteiger partial charge in [0.15, 0.2) is 0 Å². The Hall–Kier alpha value is -2.56. The van der Waals surface area contributed by atoms with Gasteiger partial charge in [-0.25, -0.2) is 4.79 Å². The number of fused-ring (bicyclic) bond motifs is 7. The molecule has 6 rings (SSSR count). The molecule has 240 valence electrons. The second-order valence-electron chi connectivity index (χ2n) is 17.4. The number of carbonyl (C=O) groups is 2. The predicted octanol–water partition coefficient (Wildman–Crippen LogP) is 9.20. The van der Waals surface area contributed by atoms with Crippen LogP contribution in [0.2, 0.25) is 0 Å². The summed E-state index contributed by atoms with van der Waals surface area (Å²) in [4.78, 5) is 25.9. The number of carboxylic acids is 1. The van der Waals surface area contributed by atoms with E-state index >= 15 is 0 Å². The van der Waals surface area contributed by atoms with Gasteiger partial charge in [0, 0.05) is 11.5 Å². The quantitative estimate of drug-likeness (QED) is 0.204. The molecule has 0 aliphatic heterocycles. The van der Waals surface area contributed by atoms with Crippen molar-refractivity contribution in [3.63, 3.8) is 0 Å². The van der Waals surface area contributed by atoms with Gasteiger partial charge in [0.25, 0.3) is 0 Å². The SMILES string of the molecule is CC1(C)CC[C@]2(C(=O)O)CC=C3[C@]4(C)CC[C@H]5C(C)(C)[C@@H](OC(=O)/C=C/c6ccc(O)cc6)CC[C@]5(C)[C@H]4CC[C@@]3(C)C2C1. The summed E-state index contributed by atoms with van der Waals surface area (Å²) in [5.41, 5.74) is 1.95. The van der Waals surface area contributed by atoms with Crippen molar-refractivity contribution < 1.29 is 24.5 Å². The molecule has 0 aromatic heterocycles. The highest BCUT2D eigenvalue weighted by Crippen LogP contribution is 2.75. The van der Waals surface area contributed by atoms with E-state index in [0.717, 1.165) is 63.4 Å². The molecular weight excluding hydrogens is 548 g/mol. The standard InChI is InChI=1S/C39H54O5/c1-34(2)22-23-39(33(42)43)21-16-29-37(6)18-14-27-35(3,4)31(44-32(41)13-10-25-8-11-26(40)12-9-25)17-20-36(27,5)28(37)15-19-38(29,7)30(39)24-34/h8-13,16,27-28,30-31,40H,14-15,17-24H2,1-7H3,(H,42,43)/b13-10+/t27-,28+,30?,31-,36-,37+,38+,39+/m0/s1. The molecule has 1 aromatic rings. The van der Waals surface area contributed by atoms with E-state index in [0.29, 0.717) is 18.3 Å². The van der Waals surface area contributed by atoms with E-state index in [1.165, 1.54) is 6.08 Å². The van der Waals surface area contributed by atoms with Crippen LogP contribution in [0.4, 0.5) is 0 Å². The summed E-state index contributed by atoms with van der Waals surface area (Å²) in [6.45, 7) is 16.8. The fourth-order valence-corrected chi connectivity index (χ4v) is 12.0. The number of carboxylic acid groups (broad SMARTS) is 1. The molecule has 1 aromatic carbocycles. The van der Waals surface area contributed by atoms with Crippen LogP contribution in [-0.4, -0.2) is 28.3 Å². The number of benzene rings is 1. The van der Waals surface area contributed by atoms with E-state index in [2.05, 4.69) is 54.5 Å². The Balaban J connectivity index is 1.25. The third-order valence-corrected chi connectivity index (χ3v) is 14.3. The number of phenolic OH excluding ortho intramolecular Hbond substituents is 1. The van der Waals surface area contributed by atoms with E-state index < -0.39 is 11.4 Å². The fourth-order valence-electron chi connectivity index (χ4n) is 12.0. The van der Waals surface area contributed by atoms with E-state index in [9.17, 15) is 19.8 Å². The van der Waals surface area contributed by atoms with Crippen LogP contribution < -0.4 is 0 Å². The normalized spacial score (nSPS) is 42.2. The third-order valence-electron chi connectivity index (χ3n) is 14.3. The van der Waals surface area contributed by atoms with Gasteiger partial charge in [-0.05, 0) is 127 Å². The van der Waals surface area contributed by atoms with Crippen molar-refractivity contribution in [1.82, 2.24) is 0 Å². The number of hydrogen-bond donors (Lipinski definition) is 2. The molecule has 4 saturated carbocycles. The number of esters is 1. The largest absolute Gasteiger partial charge is 0.508 e. The zero-order chi connectivity index (χ0) is 31.9. The first-order valence-corrected chi connectivity index (χ1v) is 17.1. The molecule has 0 amide bonds. The number of aromatic hydroxyl groups is 1. The van der Waals surface area contributed by atoms with Crippen molar-refractivity contribution >= 4 is 18.0 Å². The zero-order valence-corrected chi connectivity index (χ0v) is 28.0. The van der Waals surface area contributed by atoms with Crippen molar-refractivity contribution in [3.05, 3.63) is 47.6 Å². The van der Waals surface area contributed by atoms with Crippen LogP contribution in [0.25, 0.3) is 6.08 Å². The first-order valence-electron chi connectivity index (χ1n) is 17.1. The first-order chi connectivity index (χ1) is 20.5. The van der Waals surface area contributed by atoms with Crippen LogP contribution in [0.5, 0.6) is 5.75 Å². The molecule has 2 N–H and O–H groups in total. The van der Waals surface area contributed by atoms with Crippen molar-refractivity contribution in [2.75, 3.05) is 0 Å². The Morgan fingerprint density at radius 3 is 2.11 bits per heavy atom. The molecule has 0 spiro atoms. The summed E-state index contributed by atoms with van der Waals surface area (Å²) >= 11 is 0. The Labute approximate surface area is 264 Å². The van der Waals surface area contributed by atoms with Gasteiger partial charge < -0.3 is 14.9 Å². The molecule has 5 aliphatic carbocycles. The summed E-state index contributed by atoms with van der Waals surface area (Å²) in [7, 11) is 0. The average molecular weight is 603 g/mol. The molecule has 0 bridgehead atoms. The van der Waals surface area contributed by atoms with Gasteiger partial charge in [0.05, 0.1) is 5.41 Å². The van der Waals surface area contributed by atoms with Gasteiger partial charge in [-0.15, -0.1) is 0 Å². The monoisotopic (exact) mass is 602 g/mol. The van der Waals surface area contributed by atoms with Crippen LogP contribution in [0.1, 0.15) is 118 Å². The number of allylic oxidation sites excluding steroid dienone is 2. The molecule has 0 radical (unpaired) electrons. The Morgan fingerprint density at radius 1 is 0.818 bits per heavy atom. The molecule has 5 aliphatic rings. The van der Waals surface area contributed by atoms with E-state index in [-0.39, 0.29) is 50.8 Å². The van der Waals surface area contributed by atoms with Gasteiger partial charge >= 0.3 is 11.9 Å². The van der Waals surface area contributed by atoms with Crippen LogP contribution in [0, 0.1) is 50.2 Å². The second kappa shape index (κ2) is 10.2. The number of phenols is 1. The fraction of sp³-hybridized carbons (Fsp3) is 0.692. The highest BCUT2D eigenvalue weighted by molar-refractivity contribution is 5.87. The molecule has 44 heavy (non-hydrogen) atoms. The van der Waals surface area contributed by atoms with E-state index in [1.807, 2.05) is 0 Å². The minimum Gasteiger partial charge on any atom is -0.508 e.